The van der Waals surface area contributed by atoms with Crippen molar-refractivity contribution in [1.29, 1.82) is 0 Å². The molecule has 1 aromatic rings. The number of hydrogen-bond donors (Lipinski definition) is 2. The lowest BCUT2D eigenvalue weighted by molar-refractivity contribution is 0.672. The summed E-state index contributed by atoms with van der Waals surface area (Å²) < 4.78 is 0. The zero-order valence-corrected chi connectivity index (χ0v) is 6.38. The van der Waals surface area contributed by atoms with Crippen molar-refractivity contribution >= 4 is 5.95 Å². The molecule has 0 bridgehead atoms. The summed E-state index contributed by atoms with van der Waals surface area (Å²) in [5.41, 5.74) is 5.39. The SMILES string of the molecule is Nc1n[nH]c(C2CCCC2)n1. The third-order valence-corrected chi connectivity index (χ3v) is 2.26. The number of H-pyrrole nitrogens is 1. The molecule has 1 heterocycles. The maximum absolute atomic E-state index is 5.39. The Hall–Kier alpha value is -1.06. The number of nitrogens with one attached hydrogen (secondary N) is 1. The molecule has 3 N–H and O–H groups in total. The Balaban J connectivity index is 2.15. The van der Waals surface area contributed by atoms with Crippen molar-refractivity contribution < 1.29 is 0 Å². The predicted octanol–water partition coefficient (Wildman–Crippen LogP) is 1.04. The minimum absolute atomic E-state index is 0.368. The summed E-state index contributed by atoms with van der Waals surface area (Å²) in [5, 5.41) is 6.66. The van der Waals surface area contributed by atoms with Gasteiger partial charge in [-0.3, -0.25) is 5.10 Å². The monoisotopic (exact) mass is 152 g/mol. The molecular weight excluding hydrogens is 140 g/mol. The molecule has 0 unspecified atom stereocenters. The Morgan fingerprint density at radius 1 is 1.36 bits per heavy atom. The first-order valence-corrected chi connectivity index (χ1v) is 4.04. The molecule has 0 spiro atoms. The van der Waals surface area contributed by atoms with Gasteiger partial charge in [-0.2, -0.15) is 4.98 Å². The van der Waals surface area contributed by atoms with E-state index in [9.17, 15) is 0 Å². The summed E-state index contributed by atoms with van der Waals surface area (Å²) in [6.45, 7) is 0. The van der Waals surface area contributed by atoms with E-state index in [1.54, 1.807) is 0 Å². The largest absolute Gasteiger partial charge is 0.367 e. The fourth-order valence-corrected chi connectivity index (χ4v) is 1.67. The molecule has 0 aromatic carbocycles. The van der Waals surface area contributed by atoms with Gasteiger partial charge in [0, 0.05) is 5.92 Å². The van der Waals surface area contributed by atoms with Crippen molar-refractivity contribution in [1.82, 2.24) is 15.2 Å². The van der Waals surface area contributed by atoms with Crippen molar-refractivity contribution in [2.45, 2.75) is 31.6 Å². The van der Waals surface area contributed by atoms with Crippen LogP contribution in [0.25, 0.3) is 0 Å². The molecule has 0 saturated heterocycles. The molecule has 1 saturated carbocycles. The number of nitrogens with zero attached hydrogens (tertiary/aromatic N) is 2. The Bertz CT molecular complexity index is 236. The number of hydrogen-bond acceptors (Lipinski definition) is 3. The van der Waals surface area contributed by atoms with E-state index in [2.05, 4.69) is 15.2 Å². The van der Waals surface area contributed by atoms with E-state index < -0.39 is 0 Å². The van der Waals surface area contributed by atoms with Crippen LogP contribution in [0.4, 0.5) is 5.95 Å². The highest BCUT2D eigenvalue weighted by Crippen LogP contribution is 2.31. The third-order valence-electron chi connectivity index (χ3n) is 2.26. The van der Waals surface area contributed by atoms with E-state index in [0.29, 0.717) is 11.9 Å². The van der Waals surface area contributed by atoms with Crippen LogP contribution in [-0.4, -0.2) is 15.2 Å². The number of aromatic nitrogens is 3. The average molecular weight is 152 g/mol. The summed E-state index contributed by atoms with van der Waals surface area (Å²) in [6, 6.07) is 0. The maximum atomic E-state index is 5.39. The van der Waals surface area contributed by atoms with E-state index in [-0.39, 0.29) is 0 Å². The fourth-order valence-electron chi connectivity index (χ4n) is 1.67. The van der Waals surface area contributed by atoms with Gasteiger partial charge in [0.1, 0.15) is 5.82 Å². The van der Waals surface area contributed by atoms with E-state index >= 15 is 0 Å². The summed E-state index contributed by atoms with van der Waals surface area (Å²) >= 11 is 0. The molecule has 60 valence electrons. The second kappa shape index (κ2) is 2.53. The molecule has 0 amide bonds. The van der Waals surface area contributed by atoms with Crippen LogP contribution < -0.4 is 5.73 Å². The standard InChI is InChI=1S/C7H12N4/c8-7-9-6(10-11-7)5-3-1-2-4-5/h5H,1-4H2,(H3,8,9,10,11). The third kappa shape index (κ3) is 1.20. The molecule has 4 nitrogen and oxygen atoms in total. The molecule has 1 aliphatic carbocycles. The predicted molar refractivity (Wildman–Crippen MR) is 42.0 cm³/mol. The van der Waals surface area contributed by atoms with Gasteiger partial charge in [0.25, 0.3) is 0 Å². The van der Waals surface area contributed by atoms with Crippen molar-refractivity contribution in [3.8, 4) is 0 Å². The highest BCUT2D eigenvalue weighted by molar-refractivity contribution is 5.14. The highest BCUT2D eigenvalue weighted by Gasteiger charge is 2.19. The minimum atomic E-state index is 0.368. The van der Waals surface area contributed by atoms with Crippen LogP contribution in [0.3, 0.4) is 0 Å². The maximum Gasteiger partial charge on any atom is 0.239 e. The normalized spacial score (nSPS) is 19.3. The van der Waals surface area contributed by atoms with Gasteiger partial charge in [-0.25, -0.2) is 0 Å². The molecule has 1 aliphatic rings. The van der Waals surface area contributed by atoms with Gasteiger partial charge in [-0.15, -0.1) is 5.10 Å². The molecular formula is C7H12N4. The van der Waals surface area contributed by atoms with Crippen LogP contribution in [0.2, 0.25) is 0 Å². The summed E-state index contributed by atoms with van der Waals surface area (Å²) in [4.78, 5) is 4.10. The van der Waals surface area contributed by atoms with Crippen molar-refractivity contribution in [3.05, 3.63) is 5.82 Å². The van der Waals surface area contributed by atoms with Crippen LogP contribution in [-0.2, 0) is 0 Å². The smallest absolute Gasteiger partial charge is 0.239 e. The van der Waals surface area contributed by atoms with Crippen LogP contribution >= 0.6 is 0 Å². The van der Waals surface area contributed by atoms with E-state index in [0.717, 1.165) is 5.82 Å². The zero-order valence-electron chi connectivity index (χ0n) is 6.38. The number of aromatic amines is 1. The van der Waals surface area contributed by atoms with Gasteiger partial charge in [0.15, 0.2) is 0 Å². The Morgan fingerprint density at radius 2 is 2.09 bits per heavy atom. The quantitative estimate of drug-likeness (QED) is 0.631. The topological polar surface area (TPSA) is 67.6 Å². The number of anilines is 1. The molecule has 0 radical (unpaired) electrons. The lowest BCUT2D eigenvalue weighted by Gasteiger charge is -2.01. The lowest BCUT2D eigenvalue weighted by Crippen LogP contribution is -1.95. The highest BCUT2D eigenvalue weighted by atomic mass is 15.3. The molecule has 4 heteroatoms. The molecule has 2 rings (SSSR count). The zero-order chi connectivity index (χ0) is 7.68. The van der Waals surface area contributed by atoms with Gasteiger partial charge in [0.05, 0.1) is 0 Å². The second-order valence-corrected chi connectivity index (χ2v) is 3.06. The first-order chi connectivity index (χ1) is 5.36. The van der Waals surface area contributed by atoms with Crippen molar-refractivity contribution in [3.63, 3.8) is 0 Å². The molecule has 11 heavy (non-hydrogen) atoms. The second-order valence-electron chi connectivity index (χ2n) is 3.06. The van der Waals surface area contributed by atoms with Crippen LogP contribution in [0.15, 0.2) is 0 Å². The molecule has 1 fully saturated rings. The van der Waals surface area contributed by atoms with Crippen molar-refractivity contribution in [2.24, 2.45) is 0 Å². The number of nitrogens with two attached hydrogens (primary N) is 1. The van der Waals surface area contributed by atoms with Crippen molar-refractivity contribution in [2.75, 3.05) is 5.73 Å². The molecule has 0 aliphatic heterocycles. The van der Waals surface area contributed by atoms with Gasteiger partial charge >= 0.3 is 0 Å². The van der Waals surface area contributed by atoms with E-state index in [4.69, 9.17) is 5.73 Å². The Morgan fingerprint density at radius 3 is 2.64 bits per heavy atom. The van der Waals surface area contributed by atoms with E-state index in [1.165, 1.54) is 25.7 Å². The summed E-state index contributed by atoms with van der Waals surface area (Å²) in [7, 11) is 0. The fraction of sp³-hybridized carbons (Fsp3) is 0.714. The van der Waals surface area contributed by atoms with Gasteiger partial charge in [-0.05, 0) is 12.8 Å². The minimum Gasteiger partial charge on any atom is -0.367 e. The average Bonchev–Trinajstić information content (AvgIpc) is 2.55. The number of rotatable bonds is 1. The van der Waals surface area contributed by atoms with Crippen LogP contribution in [0, 0.1) is 0 Å². The lowest BCUT2D eigenvalue weighted by atomic mass is 10.1. The van der Waals surface area contributed by atoms with Crippen LogP contribution in [0.1, 0.15) is 37.4 Å². The Kier molecular flexibility index (Phi) is 1.52. The van der Waals surface area contributed by atoms with Crippen LogP contribution in [0.5, 0.6) is 0 Å². The van der Waals surface area contributed by atoms with Gasteiger partial charge < -0.3 is 5.73 Å². The molecule has 1 aromatic heterocycles. The molecule has 0 atom stereocenters. The first-order valence-electron chi connectivity index (χ1n) is 4.04. The summed E-state index contributed by atoms with van der Waals surface area (Å²) in [5.74, 6) is 1.92. The first kappa shape index (κ1) is 6.64. The van der Waals surface area contributed by atoms with Gasteiger partial charge in [0.2, 0.25) is 5.95 Å². The summed E-state index contributed by atoms with van der Waals surface area (Å²) in [6.07, 6.45) is 5.08. The van der Waals surface area contributed by atoms with E-state index in [1.807, 2.05) is 0 Å². The van der Waals surface area contributed by atoms with Gasteiger partial charge in [-0.1, -0.05) is 12.8 Å². The Labute approximate surface area is 65.2 Å². The number of nitrogen functional groups attached to an aromatic ring is 1.